The van der Waals surface area contributed by atoms with E-state index in [1.165, 1.54) is 6.07 Å². The maximum atomic E-state index is 15.7. The fraction of sp³-hybridized carbons (Fsp3) is 0.517. The zero-order chi connectivity index (χ0) is 28.5. The zero-order valence-corrected chi connectivity index (χ0v) is 25.1. The first-order valence-corrected chi connectivity index (χ1v) is 14.7. The van der Waals surface area contributed by atoms with Crippen molar-refractivity contribution in [3.63, 3.8) is 0 Å². The van der Waals surface area contributed by atoms with Gasteiger partial charge < -0.3 is 21.1 Å². The van der Waals surface area contributed by atoms with Crippen LogP contribution < -0.4 is 16.0 Å². The first kappa shape index (κ1) is 30.2. The summed E-state index contributed by atoms with van der Waals surface area (Å²) in [5, 5.41) is 19.9. The molecule has 4 rings (SSSR count). The number of halogens is 3. The van der Waals surface area contributed by atoms with Gasteiger partial charge in [0.05, 0.1) is 17.2 Å². The van der Waals surface area contributed by atoms with E-state index in [0.29, 0.717) is 48.4 Å². The smallest absolute Gasteiger partial charge is 0.239 e. The van der Waals surface area contributed by atoms with E-state index in [4.69, 9.17) is 23.2 Å². The SMILES string of the molecule is CC(C)(C)C[C@H]1N[C@@H](C(=O)NC2CCC(O)CC2)[C@H](c2cccc(Cl)c2F)[C@@H]1c1ccc(Cl)cc1NC(=O)P. The molecule has 2 aromatic carbocycles. The van der Waals surface area contributed by atoms with Crippen molar-refractivity contribution in [2.45, 2.75) is 88.9 Å². The maximum Gasteiger partial charge on any atom is 0.239 e. The van der Waals surface area contributed by atoms with Crippen LogP contribution in [-0.2, 0) is 4.79 Å². The van der Waals surface area contributed by atoms with Gasteiger partial charge in [-0.3, -0.25) is 9.59 Å². The summed E-state index contributed by atoms with van der Waals surface area (Å²) in [6.45, 7) is 6.36. The van der Waals surface area contributed by atoms with Crippen molar-refractivity contribution in [2.75, 3.05) is 5.32 Å². The molecule has 1 unspecified atom stereocenters. The van der Waals surface area contributed by atoms with Crippen LogP contribution in [0, 0.1) is 11.2 Å². The number of hydrogen-bond donors (Lipinski definition) is 4. The second-order valence-corrected chi connectivity index (χ2v) is 13.3. The molecule has 4 N–H and O–H groups in total. The van der Waals surface area contributed by atoms with Gasteiger partial charge in [0.15, 0.2) is 0 Å². The second kappa shape index (κ2) is 12.4. The molecule has 0 aromatic heterocycles. The molecule has 1 heterocycles. The third-order valence-electron chi connectivity index (χ3n) is 7.70. The van der Waals surface area contributed by atoms with Gasteiger partial charge in [0.1, 0.15) is 5.82 Å². The summed E-state index contributed by atoms with van der Waals surface area (Å²) in [6, 6.07) is 9.11. The van der Waals surface area contributed by atoms with E-state index >= 15 is 4.39 Å². The van der Waals surface area contributed by atoms with Crippen molar-refractivity contribution >= 4 is 49.7 Å². The Bertz CT molecular complexity index is 1220. The molecule has 2 amide bonds. The van der Waals surface area contributed by atoms with Gasteiger partial charge in [-0.15, -0.1) is 0 Å². The van der Waals surface area contributed by atoms with Crippen molar-refractivity contribution in [1.82, 2.24) is 10.6 Å². The topological polar surface area (TPSA) is 90.5 Å². The van der Waals surface area contributed by atoms with Crippen molar-refractivity contribution in [3.8, 4) is 0 Å². The predicted octanol–water partition coefficient (Wildman–Crippen LogP) is 6.60. The Hall–Kier alpha value is -1.76. The Balaban J connectivity index is 1.83. The van der Waals surface area contributed by atoms with Crippen LogP contribution in [0.2, 0.25) is 10.0 Å². The number of carbonyl (C=O) groups is 2. The minimum Gasteiger partial charge on any atom is -0.393 e. The minimum absolute atomic E-state index is 0.0134. The van der Waals surface area contributed by atoms with E-state index in [9.17, 15) is 14.7 Å². The molecule has 6 nitrogen and oxygen atoms in total. The Morgan fingerprint density at radius 2 is 1.77 bits per heavy atom. The van der Waals surface area contributed by atoms with Gasteiger partial charge in [0.25, 0.3) is 0 Å². The number of anilines is 1. The van der Waals surface area contributed by atoms with E-state index in [-0.39, 0.29) is 46.1 Å². The van der Waals surface area contributed by atoms with E-state index in [1.807, 2.05) is 6.07 Å². The Morgan fingerprint density at radius 3 is 2.41 bits per heavy atom. The van der Waals surface area contributed by atoms with Gasteiger partial charge in [0, 0.05) is 34.6 Å². The number of amides is 2. The monoisotopic (exact) mass is 595 g/mol. The highest BCUT2D eigenvalue weighted by atomic mass is 35.5. The van der Waals surface area contributed by atoms with Gasteiger partial charge in [-0.1, -0.05) is 62.2 Å². The molecule has 0 radical (unpaired) electrons. The quantitative estimate of drug-likeness (QED) is 0.283. The summed E-state index contributed by atoms with van der Waals surface area (Å²) >= 11 is 12.6. The first-order chi connectivity index (χ1) is 18.3. The average Bonchev–Trinajstić information content (AvgIpc) is 3.19. The Morgan fingerprint density at radius 1 is 1.08 bits per heavy atom. The summed E-state index contributed by atoms with van der Waals surface area (Å²) in [4.78, 5) is 26.0. The maximum absolute atomic E-state index is 15.7. The molecule has 1 aliphatic heterocycles. The Kier molecular flexibility index (Phi) is 9.60. The van der Waals surface area contributed by atoms with Crippen LogP contribution in [0.25, 0.3) is 0 Å². The lowest BCUT2D eigenvalue weighted by Crippen LogP contribution is -2.49. The third-order valence-corrected chi connectivity index (χ3v) is 8.38. The van der Waals surface area contributed by atoms with Gasteiger partial charge >= 0.3 is 0 Å². The normalized spacial score (nSPS) is 27.3. The van der Waals surface area contributed by atoms with E-state index in [1.54, 1.807) is 24.3 Å². The first-order valence-electron chi connectivity index (χ1n) is 13.4. The summed E-state index contributed by atoms with van der Waals surface area (Å²) in [5.41, 5.74) is 1.17. The number of aliphatic hydroxyl groups excluding tert-OH is 1. The number of aliphatic hydroxyl groups is 1. The number of rotatable bonds is 6. The lowest BCUT2D eigenvalue weighted by atomic mass is 9.73. The van der Waals surface area contributed by atoms with Crippen molar-refractivity contribution in [2.24, 2.45) is 5.41 Å². The molecule has 0 bridgehead atoms. The van der Waals surface area contributed by atoms with Crippen LogP contribution in [0.5, 0.6) is 0 Å². The highest BCUT2D eigenvalue weighted by molar-refractivity contribution is 7.40. The lowest BCUT2D eigenvalue weighted by Gasteiger charge is -2.32. The summed E-state index contributed by atoms with van der Waals surface area (Å²) in [7, 11) is 2.10. The molecule has 2 fully saturated rings. The molecule has 0 spiro atoms. The molecule has 5 atom stereocenters. The fourth-order valence-electron chi connectivity index (χ4n) is 6.11. The summed E-state index contributed by atoms with van der Waals surface area (Å²) in [6.07, 6.45) is 2.98. The molecular weight excluding hydrogens is 559 g/mol. The van der Waals surface area contributed by atoms with Crippen LogP contribution >= 0.6 is 32.4 Å². The number of hydrogen-bond acceptors (Lipinski definition) is 4. The Labute approximate surface area is 242 Å². The van der Waals surface area contributed by atoms with Crippen molar-refractivity contribution in [1.29, 1.82) is 0 Å². The minimum atomic E-state index is -0.752. The van der Waals surface area contributed by atoms with E-state index < -0.39 is 17.8 Å². The van der Waals surface area contributed by atoms with Gasteiger partial charge in [-0.2, -0.15) is 0 Å². The predicted molar refractivity (Wildman–Crippen MR) is 158 cm³/mol. The molecule has 2 aromatic rings. The van der Waals surface area contributed by atoms with Gasteiger partial charge in [-0.25, -0.2) is 4.39 Å². The largest absolute Gasteiger partial charge is 0.393 e. The number of nitrogens with one attached hydrogen (secondary N) is 3. The van der Waals surface area contributed by atoms with E-state index in [0.717, 1.165) is 5.56 Å². The molecule has 2 aliphatic rings. The van der Waals surface area contributed by atoms with Gasteiger partial charge in [0.2, 0.25) is 11.6 Å². The molecule has 39 heavy (non-hydrogen) atoms. The molecule has 212 valence electrons. The van der Waals surface area contributed by atoms with Crippen LogP contribution in [0.3, 0.4) is 0 Å². The lowest BCUT2D eigenvalue weighted by molar-refractivity contribution is -0.124. The van der Waals surface area contributed by atoms with Crippen molar-refractivity contribution in [3.05, 3.63) is 63.4 Å². The van der Waals surface area contributed by atoms with Gasteiger partial charge in [-0.05, 0) is 76.1 Å². The average molecular weight is 597 g/mol. The van der Waals surface area contributed by atoms with Crippen LogP contribution in [0.1, 0.15) is 75.8 Å². The fourth-order valence-corrected chi connectivity index (χ4v) is 6.62. The summed E-state index contributed by atoms with van der Waals surface area (Å²) in [5.74, 6) is -1.78. The standard InChI is InChI=1S/C29H37Cl2FN3O3P/c1-29(2,3)14-22-23(18-12-7-15(30)13-21(18)35-28(38)39)24(19-5-4-6-20(31)25(19)32)26(34-22)27(37)33-16-8-10-17(36)11-9-16/h4-7,12-13,16-17,22-24,26,34,36H,8-11,14,39H2,1-3H3,(H,33,37)(H,35,38)/t16?,17?,22-,23-,24-,26-/m1/s1. The summed E-state index contributed by atoms with van der Waals surface area (Å²) < 4.78 is 15.7. The van der Waals surface area contributed by atoms with Crippen LogP contribution in [0.15, 0.2) is 36.4 Å². The molecule has 10 heteroatoms. The van der Waals surface area contributed by atoms with Crippen LogP contribution in [0.4, 0.5) is 14.9 Å². The number of carbonyl (C=O) groups excluding carboxylic acids is 2. The number of benzene rings is 2. The third kappa shape index (κ3) is 7.31. The molecule has 1 aliphatic carbocycles. The van der Waals surface area contributed by atoms with E-state index in [2.05, 4.69) is 46.0 Å². The molecular formula is C29H37Cl2FN3O3P. The van der Waals surface area contributed by atoms with Crippen LogP contribution in [-0.4, -0.2) is 40.9 Å². The second-order valence-electron chi connectivity index (χ2n) is 11.9. The highest BCUT2D eigenvalue weighted by Crippen LogP contribution is 2.49. The van der Waals surface area contributed by atoms with Crippen molar-refractivity contribution < 1.29 is 19.1 Å². The zero-order valence-electron chi connectivity index (χ0n) is 22.4. The molecule has 1 saturated carbocycles. The highest BCUT2D eigenvalue weighted by Gasteiger charge is 2.50. The molecule has 1 saturated heterocycles.